The van der Waals surface area contributed by atoms with Gasteiger partial charge < -0.3 is 4.74 Å². The van der Waals surface area contributed by atoms with Crippen molar-refractivity contribution in [2.24, 2.45) is 0 Å². The molecule has 1 aliphatic heterocycles. The number of rotatable bonds is 7. The predicted octanol–water partition coefficient (Wildman–Crippen LogP) is 5.40. The van der Waals surface area contributed by atoms with Crippen molar-refractivity contribution in [1.82, 2.24) is 9.88 Å². The van der Waals surface area contributed by atoms with Gasteiger partial charge in [-0.2, -0.15) is 0 Å². The van der Waals surface area contributed by atoms with E-state index in [9.17, 15) is 4.79 Å². The van der Waals surface area contributed by atoms with Crippen LogP contribution in [0.4, 0.5) is 5.13 Å². The summed E-state index contributed by atoms with van der Waals surface area (Å²) < 4.78 is 7.55. The van der Waals surface area contributed by atoms with Crippen LogP contribution in [0, 0.1) is 13.8 Å². The van der Waals surface area contributed by atoms with Crippen LogP contribution in [0.25, 0.3) is 10.2 Å². The number of aryl methyl sites for hydroxylation is 2. The molecule has 4 rings (SSSR count). The molecule has 0 bridgehead atoms. The summed E-state index contributed by atoms with van der Waals surface area (Å²) in [7, 11) is 0. The van der Waals surface area contributed by atoms with Crippen molar-refractivity contribution in [3.05, 3.63) is 57.6 Å². The maximum atomic E-state index is 13.4. The first kappa shape index (κ1) is 25.1. The minimum Gasteiger partial charge on any atom is -0.379 e. The number of nitrogens with zero attached hydrogens (tertiary/aromatic N) is 3. The van der Waals surface area contributed by atoms with Crippen LogP contribution in [-0.2, 0) is 16.0 Å². The molecular formula is C24H29BrClN3O2S. The van der Waals surface area contributed by atoms with Crippen molar-refractivity contribution in [3.63, 3.8) is 0 Å². The Kier molecular flexibility index (Phi) is 9.08. The first-order valence-corrected chi connectivity index (χ1v) is 12.3. The lowest BCUT2D eigenvalue weighted by Crippen LogP contribution is -2.39. The van der Waals surface area contributed by atoms with Gasteiger partial charge in [-0.3, -0.25) is 14.6 Å². The Morgan fingerprint density at radius 2 is 1.94 bits per heavy atom. The van der Waals surface area contributed by atoms with Crippen LogP contribution < -0.4 is 4.90 Å². The number of hydrogen-bond donors (Lipinski definition) is 0. The van der Waals surface area contributed by atoms with Crippen LogP contribution in [0.2, 0.25) is 0 Å². The fourth-order valence-electron chi connectivity index (χ4n) is 3.79. The first-order chi connectivity index (χ1) is 15.0. The predicted molar refractivity (Wildman–Crippen MR) is 138 cm³/mol. The maximum Gasteiger partial charge on any atom is 0.233 e. The Balaban J connectivity index is 0.00000289. The number of benzene rings is 2. The Morgan fingerprint density at radius 1 is 1.16 bits per heavy atom. The molecule has 8 heteroatoms. The molecule has 32 heavy (non-hydrogen) atoms. The van der Waals surface area contributed by atoms with Gasteiger partial charge in [-0.15, -0.1) is 12.4 Å². The molecule has 0 aliphatic carbocycles. The minimum atomic E-state index is 0. The summed E-state index contributed by atoms with van der Waals surface area (Å²) in [4.78, 5) is 22.5. The number of thiazole rings is 1. The molecule has 1 saturated heterocycles. The van der Waals surface area contributed by atoms with Crippen LogP contribution in [0.15, 0.2) is 40.9 Å². The van der Waals surface area contributed by atoms with Gasteiger partial charge in [0, 0.05) is 30.7 Å². The highest BCUT2D eigenvalue weighted by atomic mass is 79.9. The molecule has 1 amide bonds. The molecule has 1 fully saturated rings. The van der Waals surface area contributed by atoms with E-state index in [0.717, 1.165) is 64.7 Å². The number of carbonyl (C=O) groups excluding carboxylic acids is 1. The molecule has 0 N–H and O–H groups in total. The summed E-state index contributed by atoms with van der Waals surface area (Å²) in [5, 5.41) is 0.781. The number of aromatic nitrogens is 1. The highest BCUT2D eigenvalue weighted by Crippen LogP contribution is 2.31. The third-order valence-corrected chi connectivity index (χ3v) is 7.29. The van der Waals surface area contributed by atoms with Gasteiger partial charge in [0.05, 0.1) is 29.9 Å². The van der Waals surface area contributed by atoms with Crippen molar-refractivity contribution < 1.29 is 9.53 Å². The average molecular weight is 539 g/mol. The Bertz CT molecular complexity index is 1070. The second kappa shape index (κ2) is 11.6. The normalized spacial score (nSPS) is 14.3. The number of anilines is 1. The average Bonchev–Trinajstić information content (AvgIpc) is 3.17. The zero-order valence-corrected chi connectivity index (χ0v) is 21.7. The molecule has 0 atom stereocenters. The standard InChI is InChI=1S/C24H28BrN3O2S.ClH/c1-17-4-5-19(14-18(17)2)15-23(29)28(9-3-8-27-10-12-30-13-11-27)24-26-21-7-6-20(25)16-22(21)31-24;/h4-7,14,16H,3,8-13,15H2,1-2H3;1H. The van der Waals surface area contributed by atoms with Crippen LogP contribution >= 0.6 is 39.7 Å². The molecule has 1 aliphatic rings. The number of carbonyl (C=O) groups is 1. The van der Waals surface area contributed by atoms with E-state index in [1.54, 1.807) is 11.3 Å². The molecular weight excluding hydrogens is 510 g/mol. The smallest absolute Gasteiger partial charge is 0.233 e. The van der Waals surface area contributed by atoms with E-state index < -0.39 is 0 Å². The molecule has 172 valence electrons. The van der Waals surface area contributed by atoms with E-state index in [2.05, 4.69) is 58.9 Å². The lowest BCUT2D eigenvalue weighted by molar-refractivity contribution is -0.118. The van der Waals surface area contributed by atoms with Crippen molar-refractivity contribution in [3.8, 4) is 0 Å². The number of hydrogen-bond acceptors (Lipinski definition) is 5. The van der Waals surface area contributed by atoms with Gasteiger partial charge in [-0.25, -0.2) is 4.98 Å². The van der Waals surface area contributed by atoms with Gasteiger partial charge >= 0.3 is 0 Å². The SMILES string of the molecule is Cc1ccc(CC(=O)N(CCCN2CCOCC2)c2nc3ccc(Br)cc3s2)cc1C.Cl. The van der Waals surface area contributed by atoms with Crippen LogP contribution in [0.5, 0.6) is 0 Å². The molecule has 5 nitrogen and oxygen atoms in total. The van der Waals surface area contributed by atoms with Crippen LogP contribution in [0.3, 0.4) is 0 Å². The van der Waals surface area contributed by atoms with Gasteiger partial charge in [0.2, 0.25) is 5.91 Å². The fourth-order valence-corrected chi connectivity index (χ4v) is 5.35. The van der Waals surface area contributed by atoms with Gasteiger partial charge in [0.25, 0.3) is 0 Å². The van der Waals surface area contributed by atoms with Gasteiger partial charge in [-0.1, -0.05) is 45.5 Å². The van der Waals surface area contributed by atoms with Gasteiger partial charge in [0.1, 0.15) is 0 Å². The molecule has 3 aromatic rings. The molecule has 1 aromatic heterocycles. The third kappa shape index (κ3) is 6.29. The second-order valence-corrected chi connectivity index (χ2v) is 9.98. The van der Waals surface area contributed by atoms with Crippen molar-refractivity contribution >= 4 is 60.9 Å². The molecule has 2 heterocycles. The van der Waals surface area contributed by atoms with Gasteiger partial charge in [-0.05, 0) is 55.2 Å². The Morgan fingerprint density at radius 3 is 2.69 bits per heavy atom. The number of ether oxygens (including phenoxy) is 1. The summed E-state index contributed by atoms with van der Waals surface area (Å²) in [6.45, 7) is 9.34. The summed E-state index contributed by atoms with van der Waals surface area (Å²) in [5.41, 5.74) is 4.44. The van der Waals surface area contributed by atoms with E-state index in [1.807, 2.05) is 17.0 Å². The first-order valence-electron chi connectivity index (χ1n) is 10.7. The maximum absolute atomic E-state index is 13.4. The summed E-state index contributed by atoms with van der Waals surface area (Å²) in [6.07, 6.45) is 1.30. The monoisotopic (exact) mass is 537 g/mol. The summed E-state index contributed by atoms with van der Waals surface area (Å²) in [6, 6.07) is 12.3. The summed E-state index contributed by atoms with van der Waals surface area (Å²) in [5.74, 6) is 0.100. The highest BCUT2D eigenvalue weighted by Gasteiger charge is 2.21. The zero-order chi connectivity index (χ0) is 21.8. The topological polar surface area (TPSA) is 45.7 Å². The minimum absolute atomic E-state index is 0. The van der Waals surface area contributed by atoms with Crippen molar-refractivity contribution in [2.45, 2.75) is 26.7 Å². The zero-order valence-electron chi connectivity index (χ0n) is 18.5. The van der Waals surface area contributed by atoms with E-state index in [4.69, 9.17) is 9.72 Å². The number of fused-ring (bicyclic) bond motifs is 1. The van der Waals surface area contributed by atoms with Crippen LogP contribution in [0.1, 0.15) is 23.1 Å². The molecule has 2 aromatic carbocycles. The lowest BCUT2D eigenvalue weighted by atomic mass is 10.0. The third-order valence-electron chi connectivity index (χ3n) is 5.76. The van der Waals surface area contributed by atoms with Crippen molar-refractivity contribution in [2.75, 3.05) is 44.3 Å². The molecule has 0 radical (unpaired) electrons. The van der Waals surface area contributed by atoms with Crippen LogP contribution in [-0.4, -0.2) is 55.2 Å². The number of morpholine rings is 1. The van der Waals surface area contributed by atoms with E-state index in [0.29, 0.717) is 13.0 Å². The fraction of sp³-hybridized carbons (Fsp3) is 0.417. The quantitative estimate of drug-likeness (QED) is 0.404. The largest absolute Gasteiger partial charge is 0.379 e. The molecule has 0 saturated carbocycles. The Labute approximate surface area is 208 Å². The number of halogens is 2. The Hall–Kier alpha value is -1.51. The lowest BCUT2D eigenvalue weighted by Gasteiger charge is -2.27. The number of amides is 1. The highest BCUT2D eigenvalue weighted by molar-refractivity contribution is 9.10. The summed E-state index contributed by atoms with van der Waals surface area (Å²) >= 11 is 5.11. The molecule has 0 spiro atoms. The van der Waals surface area contributed by atoms with E-state index >= 15 is 0 Å². The van der Waals surface area contributed by atoms with Gasteiger partial charge in [0.15, 0.2) is 5.13 Å². The second-order valence-electron chi connectivity index (χ2n) is 8.06. The van der Waals surface area contributed by atoms with E-state index in [-0.39, 0.29) is 18.3 Å². The van der Waals surface area contributed by atoms with Crippen molar-refractivity contribution in [1.29, 1.82) is 0 Å². The molecule has 0 unspecified atom stereocenters. The van der Waals surface area contributed by atoms with E-state index in [1.165, 1.54) is 11.1 Å².